The highest BCUT2D eigenvalue weighted by molar-refractivity contribution is 5.89. The first-order valence-corrected chi connectivity index (χ1v) is 7.89. The zero-order valence-corrected chi connectivity index (χ0v) is 12.2. The Morgan fingerprint density at radius 3 is 2.85 bits per heavy atom. The topological polar surface area (TPSA) is 41.1 Å². The summed E-state index contributed by atoms with van der Waals surface area (Å²) in [6.07, 6.45) is 7.43. The number of aryl methyl sites for hydroxylation is 2. The van der Waals surface area contributed by atoms with Crippen molar-refractivity contribution < 1.29 is 4.79 Å². The van der Waals surface area contributed by atoms with Gasteiger partial charge in [0, 0.05) is 12.2 Å². The quantitative estimate of drug-likeness (QED) is 0.865. The molecule has 0 saturated heterocycles. The van der Waals surface area contributed by atoms with Gasteiger partial charge in [-0.3, -0.25) is 0 Å². The van der Waals surface area contributed by atoms with Gasteiger partial charge in [-0.25, -0.2) is 4.79 Å². The van der Waals surface area contributed by atoms with Crippen LogP contribution in [0, 0.1) is 11.8 Å². The lowest BCUT2D eigenvalue weighted by molar-refractivity contribution is 0.248. The molecule has 2 unspecified atom stereocenters. The number of anilines is 1. The molecule has 0 aliphatic heterocycles. The Balaban J connectivity index is 1.51. The van der Waals surface area contributed by atoms with Gasteiger partial charge in [-0.05, 0) is 60.8 Å². The van der Waals surface area contributed by atoms with Gasteiger partial charge < -0.3 is 10.6 Å². The number of carbonyl (C=O) groups excluding carboxylic acids is 1. The molecule has 2 aliphatic carbocycles. The van der Waals surface area contributed by atoms with E-state index in [9.17, 15) is 4.79 Å². The highest BCUT2D eigenvalue weighted by Crippen LogP contribution is 2.30. The van der Waals surface area contributed by atoms with Gasteiger partial charge >= 0.3 is 6.03 Å². The van der Waals surface area contributed by atoms with E-state index in [0.717, 1.165) is 24.6 Å². The fourth-order valence-corrected chi connectivity index (χ4v) is 3.57. The normalized spacial score (nSPS) is 24.4. The largest absolute Gasteiger partial charge is 0.338 e. The third-order valence-electron chi connectivity index (χ3n) is 4.92. The third kappa shape index (κ3) is 2.97. The summed E-state index contributed by atoms with van der Waals surface area (Å²) in [5.41, 5.74) is 3.76. The van der Waals surface area contributed by atoms with Crippen LogP contribution in [-0.2, 0) is 12.8 Å². The molecule has 1 saturated carbocycles. The zero-order chi connectivity index (χ0) is 13.9. The van der Waals surface area contributed by atoms with Crippen LogP contribution in [0.1, 0.15) is 43.7 Å². The second-order valence-corrected chi connectivity index (χ2v) is 6.34. The van der Waals surface area contributed by atoms with Crippen LogP contribution in [0.2, 0.25) is 0 Å². The van der Waals surface area contributed by atoms with E-state index in [1.54, 1.807) is 0 Å². The number of fused-ring (bicyclic) bond motifs is 1. The zero-order valence-electron chi connectivity index (χ0n) is 12.2. The highest BCUT2D eigenvalue weighted by Gasteiger charge is 2.23. The van der Waals surface area contributed by atoms with E-state index in [1.807, 2.05) is 6.07 Å². The van der Waals surface area contributed by atoms with Crippen molar-refractivity contribution in [2.45, 2.75) is 45.4 Å². The van der Waals surface area contributed by atoms with Crippen LogP contribution in [0.15, 0.2) is 18.2 Å². The van der Waals surface area contributed by atoms with Crippen molar-refractivity contribution in [2.24, 2.45) is 11.8 Å². The van der Waals surface area contributed by atoms with Gasteiger partial charge in [-0.15, -0.1) is 0 Å². The molecule has 0 aromatic heterocycles. The molecule has 3 nitrogen and oxygen atoms in total. The molecule has 2 atom stereocenters. The molecule has 3 rings (SSSR count). The second kappa shape index (κ2) is 5.86. The number of amides is 2. The van der Waals surface area contributed by atoms with E-state index >= 15 is 0 Å². The summed E-state index contributed by atoms with van der Waals surface area (Å²) >= 11 is 0. The molecule has 3 heteroatoms. The molecule has 2 amide bonds. The lowest BCUT2D eigenvalue weighted by Gasteiger charge is -2.16. The number of urea groups is 1. The molecule has 20 heavy (non-hydrogen) atoms. The van der Waals surface area contributed by atoms with E-state index in [-0.39, 0.29) is 6.03 Å². The summed E-state index contributed by atoms with van der Waals surface area (Å²) in [6, 6.07) is 6.22. The molecule has 2 N–H and O–H groups in total. The maximum atomic E-state index is 12.0. The standard InChI is InChI=1S/C17H24N2O/c1-12-4-2-7-15(12)11-18-17(20)19-16-9-8-13-5-3-6-14(13)10-16/h8-10,12,15H,2-7,11H2,1H3,(H2,18,19,20). The summed E-state index contributed by atoms with van der Waals surface area (Å²) in [5, 5.41) is 5.98. The first kappa shape index (κ1) is 13.5. The number of hydrogen-bond acceptors (Lipinski definition) is 1. The molecular weight excluding hydrogens is 248 g/mol. The van der Waals surface area contributed by atoms with Crippen molar-refractivity contribution in [3.8, 4) is 0 Å². The Morgan fingerprint density at radius 2 is 2.05 bits per heavy atom. The van der Waals surface area contributed by atoms with E-state index in [0.29, 0.717) is 5.92 Å². The van der Waals surface area contributed by atoms with E-state index in [2.05, 4.69) is 29.7 Å². The van der Waals surface area contributed by atoms with Gasteiger partial charge in [0.1, 0.15) is 0 Å². The third-order valence-corrected chi connectivity index (χ3v) is 4.92. The molecular formula is C17H24N2O. The number of hydrogen-bond donors (Lipinski definition) is 2. The van der Waals surface area contributed by atoms with Crippen LogP contribution in [0.5, 0.6) is 0 Å². The maximum absolute atomic E-state index is 12.0. The molecule has 0 radical (unpaired) electrons. The van der Waals surface area contributed by atoms with Gasteiger partial charge in [-0.1, -0.05) is 25.8 Å². The molecule has 108 valence electrons. The summed E-state index contributed by atoms with van der Waals surface area (Å²) < 4.78 is 0. The van der Waals surface area contributed by atoms with E-state index in [1.165, 1.54) is 43.2 Å². The van der Waals surface area contributed by atoms with Gasteiger partial charge in [0.05, 0.1) is 0 Å². The van der Waals surface area contributed by atoms with Gasteiger partial charge in [-0.2, -0.15) is 0 Å². The number of rotatable bonds is 3. The van der Waals surface area contributed by atoms with Crippen LogP contribution < -0.4 is 10.6 Å². The van der Waals surface area contributed by atoms with Gasteiger partial charge in [0.2, 0.25) is 0 Å². The molecule has 0 spiro atoms. The second-order valence-electron chi connectivity index (χ2n) is 6.34. The Bertz CT molecular complexity index is 498. The first-order valence-electron chi connectivity index (χ1n) is 7.89. The fourth-order valence-electron chi connectivity index (χ4n) is 3.57. The monoisotopic (exact) mass is 272 g/mol. The van der Waals surface area contributed by atoms with Crippen LogP contribution in [-0.4, -0.2) is 12.6 Å². The average molecular weight is 272 g/mol. The van der Waals surface area contributed by atoms with Crippen molar-refractivity contribution in [3.05, 3.63) is 29.3 Å². The highest BCUT2D eigenvalue weighted by atomic mass is 16.2. The summed E-state index contributed by atoms with van der Waals surface area (Å²) in [5.74, 6) is 1.40. The summed E-state index contributed by atoms with van der Waals surface area (Å²) in [7, 11) is 0. The lowest BCUT2D eigenvalue weighted by atomic mass is 9.98. The van der Waals surface area contributed by atoms with Crippen molar-refractivity contribution in [2.75, 3.05) is 11.9 Å². The Hall–Kier alpha value is -1.51. The van der Waals surface area contributed by atoms with Crippen molar-refractivity contribution in [1.29, 1.82) is 0 Å². The minimum Gasteiger partial charge on any atom is -0.338 e. The fraction of sp³-hybridized carbons (Fsp3) is 0.588. The van der Waals surface area contributed by atoms with Crippen LogP contribution in [0.3, 0.4) is 0 Å². The first-order chi connectivity index (χ1) is 9.72. The number of carbonyl (C=O) groups is 1. The molecule has 1 fully saturated rings. The number of benzene rings is 1. The van der Waals surface area contributed by atoms with Crippen LogP contribution in [0.4, 0.5) is 10.5 Å². The molecule has 1 aromatic rings. The molecule has 0 bridgehead atoms. The van der Waals surface area contributed by atoms with Gasteiger partial charge in [0.15, 0.2) is 0 Å². The van der Waals surface area contributed by atoms with Crippen molar-refractivity contribution in [1.82, 2.24) is 5.32 Å². The molecule has 0 heterocycles. The van der Waals surface area contributed by atoms with Crippen LogP contribution in [0.25, 0.3) is 0 Å². The molecule has 1 aromatic carbocycles. The minimum atomic E-state index is -0.0675. The van der Waals surface area contributed by atoms with E-state index in [4.69, 9.17) is 0 Å². The Labute approximate surface area is 121 Å². The Morgan fingerprint density at radius 1 is 1.20 bits per heavy atom. The van der Waals surface area contributed by atoms with Crippen LogP contribution >= 0.6 is 0 Å². The van der Waals surface area contributed by atoms with Crippen molar-refractivity contribution >= 4 is 11.7 Å². The van der Waals surface area contributed by atoms with Crippen molar-refractivity contribution in [3.63, 3.8) is 0 Å². The SMILES string of the molecule is CC1CCCC1CNC(=O)Nc1ccc2c(c1)CCC2. The smallest absolute Gasteiger partial charge is 0.319 e. The lowest BCUT2D eigenvalue weighted by Crippen LogP contribution is -2.33. The predicted octanol–water partition coefficient (Wildman–Crippen LogP) is 3.73. The minimum absolute atomic E-state index is 0.0675. The molecule has 2 aliphatic rings. The van der Waals surface area contributed by atoms with Gasteiger partial charge in [0.25, 0.3) is 0 Å². The number of nitrogens with one attached hydrogen (secondary N) is 2. The maximum Gasteiger partial charge on any atom is 0.319 e. The summed E-state index contributed by atoms with van der Waals surface area (Å²) in [4.78, 5) is 12.0. The Kier molecular flexibility index (Phi) is 3.95. The predicted molar refractivity (Wildman–Crippen MR) is 82.0 cm³/mol. The summed E-state index contributed by atoms with van der Waals surface area (Å²) in [6.45, 7) is 3.09. The average Bonchev–Trinajstić information content (AvgIpc) is 3.04. The van der Waals surface area contributed by atoms with E-state index < -0.39 is 0 Å².